The number of aryl methyl sites for hydroxylation is 1. The summed E-state index contributed by atoms with van der Waals surface area (Å²) in [6.07, 6.45) is 0. The fraction of sp³-hybridized carbons (Fsp3) is 0.500. The van der Waals surface area contributed by atoms with Gasteiger partial charge < -0.3 is 10.2 Å². The SMILES string of the molecule is Cc1ccc(CN2C(=O)CNC(=O)C2C(C)(C)C)cc1. The number of hydrogen-bond donors (Lipinski definition) is 1. The quantitative estimate of drug-likeness (QED) is 0.895. The van der Waals surface area contributed by atoms with Crippen LogP contribution in [0.25, 0.3) is 0 Å². The third kappa shape index (κ3) is 3.00. The molecular formula is C16H22N2O2. The number of nitrogens with zero attached hydrogens (tertiary/aromatic N) is 1. The smallest absolute Gasteiger partial charge is 0.243 e. The maximum atomic E-state index is 12.2. The third-order valence-corrected chi connectivity index (χ3v) is 3.59. The Labute approximate surface area is 120 Å². The van der Waals surface area contributed by atoms with Crippen LogP contribution < -0.4 is 5.32 Å². The van der Waals surface area contributed by atoms with Crippen molar-refractivity contribution in [1.82, 2.24) is 10.2 Å². The number of hydrogen-bond acceptors (Lipinski definition) is 2. The van der Waals surface area contributed by atoms with Crippen molar-refractivity contribution in [3.05, 3.63) is 35.4 Å². The number of amides is 2. The minimum absolute atomic E-state index is 0.0231. The second kappa shape index (κ2) is 5.27. The summed E-state index contributed by atoms with van der Waals surface area (Å²) in [5, 5.41) is 2.68. The van der Waals surface area contributed by atoms with Gasteiger partial charge in [-0.1, -0.05) is 50.6 Å². The molecule has 1 aromatic rings. The number of nitrogens with one attached hydrogen (secondary N) is 1. The summed E-state index contributed by atoms with van der Waals surface area (Å²) in [7, 11) is 0. The molecule has 1 unspecified atom stereocenters. The lowest BCUT2D eigenvalue weighted by Gasteiger charge is -2.42. The Morgan fingerprint density at radius 1 is 1.20 bits per heavy atom. The second-order valence-corrected chi connectivity index (χ2v) is 6.49. The van der Waals surface area contributed by atoms with Crippen molar-refractivity contribution in [3.63, 3.8) is 0 Å². The van der Waals surface area contributed by atoms with Crippen molar-refractivity contribution in [3.8, 4) is 0 Å². The molecule has 1 N–H and O–H groups in total. The molecule has 0 aromatic heterocycles. The van der Waals surface area contributed by atoms with Crippen LogP contribution in [0.2, 0.25) is 0 Å². The first kappa shape index (κ1) is 14.6. The maximum Gasteiger partial charge on any atom is 0.243 e. The molecule has 108 valence electrons. The predicted molar refractivity (Wildman–Crippen MR) is 78.0 cm³/mol. The van der Waals surface area contributed by atoms with Gasteiger partial charge in [0.25, 0.3) is 0 Å². The van der Waals surface area contributed by atoms with Crippen LogP contribution in [0.5, 0.6) is 0 Å². The van der Waals surface area contributed by atoms with Crippen LogP contribution in [0.4, 0.5) is 0 Å². The van der Waals surface area contributed by atoms with Crippen LogP contribution >= 0.6 is 0 Å². The van der Waals surface area contributed by atoms with E-state index in [9.17, 15) is 9.59 Å². The number of rotatable bonds is 2. The van der Waals surface area contributed by atoms with Crippen molar-refractivity contribution >= 4 is 11.8 Å². The normalized spacial score (nSPS) is 20.0. The van der Waals surface area contributed by atoms with Crippen LogP contribution in [0.3, 0.4) is 0 Å². The highest BCUT2D eigenvalue weighted by atomic mass is 16.2. The summed E-state index contributed by atoms with van der Waals surface area (Å²) in [6, 6.07) is 7.64. The van der Waals surface area contributed by atoms with Crippen molar-refractivity contribution in [2.45, 2.75) is 40.3 Å². The van der Waals surface area contributed by atoms with E-state index in [1.807, 2.05) is 52.0 Å². The van der Waals surface area contributed by atoms with E-state index in [2.05, 4.69) is 5.32 Å². The molecule has 4 nitrogen and oxygen atoms in total. The van der Waals surface area contributed by atoms with E-state index >= 15 is 0 Å². The summed E-state index contributed by atoms with van der Waals surface area (Å²) in [5.74, 6) is -0.0886. The van der Waals surface area contributed by atoms with Crippen LogP contribution in [0.1, 0.15) is 31.9 Å². The van der Waals surface area contributed by atoms with E-state index in [1.165, 1.54) is 5.56 Å². The molecule has 1 aliphatic rings. The number of carbonyl (C=O) groups excluding carboxylic acids is 2. The van der Waals surface area contributed by atoms with Gasteiger partial charge >= 0.3 is 0 Å². The van der Waals surface area contributed by atoms with Gasteiger partial charge in [0.15, 0.2) is 0 Å². The van der Waals surface area contributed by atoms with Gasteiger partial charge in [0.1, 0.15) is 6.04 Å². The maximum absolute atomic E-state index is 12.2. The largest absolute Gasteiger partial charge is 0.345 e. The Morgan fingerprint density at radius 3 is 2.35 bits per heavy atom. The Morgan fingerprint density at radius 2 is 1.80 bits per heavy atom. The lowest BCUT2D eigenvalue weighted by Crippen LogP contribution is -2.62. The van der Waals surface area contributed by atoms with Gasteiger partial charge in [0.05, 0.1) is 6.54 Å². The monoisotopic (exact) mass is 274 g/mol. The zero-order valence-corrected chi connectivity index (χ0v) is 12.6. The van der Waals surface area contributed by atoms with E-state index in [0.29, 0.717) is 6.54 Å². The van der Waals surface area contributed by atoms with E-state index in [4.69, 9.17) is 0 Å². The average Bonchev–Trinajstić information content (AvgIpc) is 2.35. The van der Waals surface area contributed by atoms with E-state index < -0.39 is 6.04 Å². The fourth-order valence-corrected chi connectivity index (χ4v) is 2.58. The van der Waals surface area contributed by atoms with Gasteiger partial charge in [-0.05, 0) is 17.9 Å². The first-order valence-corrected chi connectivity index (χ1v) is 6.92. The first-order valence-electron chi connectivity index (χ1n) is 6.92. The molecule has 0 radical (unpaired) electrons. The zero-order chi connectivity index (χ0) is 14.9. The third-order valence-electron chi connectivity index (χ3n) is 3.59. The van der Waals surface area contributed by atoms with Crippen molar-refractivity contribution in [2.75, 3.05) is 6.54 Å². The van der Waals surface area contributed by atoms with Crippen LogP contribution in [0.15, 0.2) is 24.3 Å². The van der Waals surface area contributed by atoms with Gasteiger partial charge in [0.2, 0.25) is 11.8 Å². The summed E-state index contributed by atoms with van der Waals surface area (Å²) >= 11 is 0. The summed E-state index contributed by atoms with van der Waals surface area (Å²) in [4.78, 5) is 26.0. The summed E-state index contributed by atoms with van der Waals surface area (Å²) < 4.78 is 0. The van der Waals surface area contributed by atoms with Gasteiger partial charge in [-0.3, -0.25) is 9.59 Å². The minimum Gasteiger partial charge on any atom is -0.345 e. The van der Waals surface area contributed by atoms with Crippen molar-refractivity contribution in [1.29, 1.82) is 0 Å². The highest BCUT2D eigenvalue weighted by Crippen LogP contribution is 2.28. The van der Waals surface area contributed by atoms with Crippen LogP contribution in [-0.4, -0.2) is 29.3 Å². The molecule has 0 bridgehead atoms. The summed E-state index contributed by atoms with van der Waals surface area (Å²) in [6.45, 7) is 8.56. The summed E-state index contributed by atoms with van der Waals surface area (Å²) in [5.41, 5.74) is 1.95. The zero-order valence-electron chi connectivity index (χ0n) is 12.6. The van der Waals surface area contributed by atoms with Crippen LogP contribution in [-0.2, 0) is 16.1 Å². The van der Waals surface area contributed by atoms with Crippen molar-refractivity contribution < 1.29 is 9.59 Å². The Balaban J connectivity index is 2.27. The molecule has 1 saturated heterocycles. The van der Waals surface area contributed by atoms with Crippen molar-refractivity contribution in [2.24, 2.45) is 5.41 Å². The molecule has 1 heterocycles. The predicted octanol–water partition coefficient (Wildman–Crippen LogP) is 1.87. The highest BCUT2D eigenvalue weighted by Gasteiger charge is 2.41. The highest BCUT2D eigenvalue weighted by molar-refractivity contribution is 5.95. The minimum atomic E-state index is -0.426. The number of benzene rings is 1. The molecule has 2 rings (SSSR count). The van der Waals surface area contributed by atoms with E-state index in [0.717, 1.165) is 5.56 Å². The molecule has 1 fully saturated rings. The second-order valence-electron chi connectivity index (χ2n) is 6.49. The molecule has 1 atom stereocenters. The van der Waals surface area contributed by atoms with Gasteiger partial charge in [-0.15, -0.1) is 0 Å². The molecular weight excluding hydrogens is 252 g/mol. The topological polar surface area (TPSA) is 49.4 Å². The molecule has 1 aliphatic heterocycles. The molecule has 0 aliphatic carbocycles. The molecule has 0 saturated carbocycles. The first-order chi connectivity index (χ1) is 9.29. The lowest BCUT2D eigenvalue weighted by atomic mass is 9.83. The number of piperazine rings is 1. The fourth-order valence-electron chi connectivity index (χ4n) is 2.58. The molecule has 4 heteroatoms. The average molecular weight is 274 g/mol. The Bertz CT molecular complexity index is 514. The molecule has 0 spiro atoms. The standard InChI is InChI=1S/C16H22N2O2/c1-11-5-7-12(8-6-11)10-18-13(19)9-17-15(20)14(18)16(2,3)4/h5-8,14H,9-10H2,1-4H3,(H,17,20). The van der Waals surface area contributed by atoms with Gasteiger partial charge in [-0.25, -0.2) is 0 Å². The number of carbonyl (C=O) groups is 2. The molecule has 1 aromatic carbocycles. The van der Waals surface area contributed by atoms with Gasteiger partial charge in [0, 0.05) is 6.54 Å². The lowest BCUT2D eigenvalue weighted by molar-refractivity contribution is -0.150. The van der Waals surface area contributed by atoms with E-state index in [1.54, 1.807) is 4.90 Å². The molecule has 2 amide bonds. The Kier molecular flexibility index (Phi) is 3.84. The Hall–Kier alpha value is -1.84. The van der Waals surface area contributed by atoms with Crippen LogP contribution in [0, 0.1) is 12.3 Å². The van der Waals surface area contributed by atoms with E-state index in [-0.39, 0.29) is 23.8 Å². The molecule has 20 heavy (non-hydrogen) atoms. The van der Waals surface area contributed by atoms with Gasteiger partial charge in [-0.2, -0.15) is 0 Å².